The summed E-state index contributed by atoms with van der Waals surface area (Å²) in [5.41, 5.74) is 11.3. The van der Waals surface area contributed by atoms with Gasteiger partial charge in [0, 0.05) is 25.7 Å². The third kappa shape index (κ3) is 4.30. The van der Waals surface area contributed by atoms with Gasteiger partial charge in [-0.25, -0.2) is 0 Å². The molecule has 1 unspecified atom stereocenters. The summed E-state index contributed by atoms with van der Waals surface area (Å²) in [7, 11) is 2.12. The van der Waals surface area contributed by atoms with Gasteiger partial charge in [-0.3, -0.25) is 4.90 Å². The van der Waals surface area contributed by atoms with Crippen LogP contribution in [0.2, 0.25) is 0 Å². The van der Waals surface area contributed by atoms with Crippen molar-refractivity contribution in [3.05, 3.63) is 34.4 Å². The highest BCUT2D eigenvalue weighted by Gasteiger charge is 2.19. The van der Waals surface area contributed by atoms with Crippen LogP contribution in [0.25, 0.3) is 0 Å². The van der Waals surface area contributed by atoms with Crippen molar-refractivity contribution in [2.45, 2.75) is 33.7 Å². The number of hydrogen-bond acceptors (Lipinski definition) is 3. The highest BCUT2D eigenvalue weighted by molar-refractivity contribution is 5.39. The first-order chi connectivity index (χ1) is 9.01. The van der Waals surface area contributed by atoms with Crippen molar-refractivity contribution in [3.8, 4) is 0 Å². The Morgan fingerprint density at radius 3 is 2.26 bits per heavy atom. The molecule has 1 aromatic carbocycles. The van der Waals surface area contributed by atoms with Crippen molar-refractivity contribution in [2.75, 3.05) is 33.4 Å². The summed E-state index contributed by atoms with van der Waals surface area (Å²) in [6.45, 7) is 11.6. The summed E-state index contributed by atoms with van der Waals surface area (Å²) >= 11 is 0. The molecule has 0 bridgehead atoms. The first-order valence-electron chi connectivity index (χ1n) is 7.07. The zero-order chi connectivity index (χ0) is 14.4. The maximum Gasteiger partial charge on any atom is 0.0593 e. The van der Waals surface area contributed by atoms with Gasteiger partial charge in [-0.2, -0.15) is 0 Å². The minimum atomic E-state index is 0.265. The Hall–Kier alpha value is -0.900. The van der Waals surface area contributed by atoms with E-state index in [0.29, 0.717) is 6.54 Å². The molecule has 0 fully saturated rings. The lowest BCUT2D eigenvalue weighted by atomic mass is 9.93. The van der Waals surface area contributed by atoms with Crippen molar-refractivity contribution in [1.82, 2.24) is 4.90 Å². The van der Waals surface area contributed by atoms with Crippen LogP contribution in [-0.4, -0.2) is 38.3 Å². The van der Waals surface area contributed by atoms with Crippen molar-refractivity contribution in [1.29, 1.82) is 0 Å². The van der Waals surface area contributed by atoms with E-state index in [9.17, 15) is 0 Å². The quantitative estimate of drug-likeness (QED) is 0.769. The fourth-order valence-electron chi connectivity index (χ4n) is 2.74. The highest BCUT2D eigenvalue weighted by atomic mass is 16.5. The number of nitrogens with zero attached hydrogens (tertiary/aromatic N) is 1. The Kier molecular flexibility index (Phi) is 6.49. The van der Waals surface area contributed by atoms with Gasteiger partial charge in [0.2, 0.25) is 0 Å². The first-order valence-corrected chi connectivity index (χ1v) is 7.07. The zero-order valence-electron chi connectivity index (χ0n) is 13.0. The maximum atomic E-state index is 6.00. The van der Waals surface area contributed by atoms with E-state index in [0.717, 1.165) is 19.8 Å². The van der Waals surface area contributed by atoms with Crippen molar-refractivity contribution >= 4 is 0 Å². The molecule has 0 aliphatic heterocycles. The Bertz CT molecular complexity index is 381. The Labute approximate surface area is 117 Å². The van der Waals surface area contributed by atoms with Gasteiger partial charge in [0.25, 0.3) is 0 Å². The largest absolute Gasteiger partial charge is 0.380 e. The number of hydrogen-bond donors (Lipinski definition) is 1. The molecule has 3 heteroatoms. The molecule has 0 amide bonds. The van der Waals surface area contributed by atoms with Crippen LogP contribution in [0, 0.1) is 20.8 Å². The monoisotopic (exact) mass is 264 g/mol. The molecule has 1 aromatic rings. The molecule has 0 aliphatic carbocycles. The predicted molar refractivity (Wildman–Crippen MR) is 81.6 cm³/mol. The smallest absolute Gasteiger partial charge is 0.0593 e. The summed E-state index contributed by atoms with van der Waals surface area (Å²) < 4.78 is 5.43. The van der Waals surface area contributed by atoms with Crippen LogP contribution in [0.15, 0.2) is 12.1 Å². The molecular formula is C16H28N2O. The molecule has 108 valence electrons. The average Bonchev–Trinajstić information content (AvgIpc) is 2.33. The third-order valence-corrected chi connectivity index (χ3v) is 3.62. The molecule has 1 rings (SSSR count). The van der Waals surface area contributed by atoms with E-state index in [4.69, 9.17) is 10.5 Å². The van der Waals surface area contributed by atoms with Crippen molar-refractivity contribution in [3.63, 3.8) is 0 Å². The number of benzene rings is 1. The second-order valence-corrected chi connectivity index (χ2v) is 5.24. The molecule has 0 spiro atoms. The van der Waals surface area contributed by atoms with E-state index < -0.39 is 0 Å². The number of ether oxygens (including phenoxy) is 1. The summed E-state index contributed by atoms with van der Waals surface area (Å²) in [6.07, 6.45) is 0. The van der Waals surface area contributed by atoms with Gasteiger partial charge in [0.05, 0.1) is 6.61 Å². The zero-order valence-corrected chi connectivity index (χ0v) is 13.0. The normalized spacial score (nSPS) is 13.0. The van der Waals surface area contributed by atoms with Crippen LogP contribution in [0.3, 0.4) is 0 Å². The van der Waals surface area contributed by atoms with Crippen LogP contribution >= 0.6 is 0 Å². The third-order valence-electron chi connectivity index (χ3n) is 3.62. The summed E-state index contributed by atoms with van der Waals surface area (Å²) in [4.78, 5) is 2.29. The molecule has 1 atom stereocenters. The Morgan fingerprint density at radius 1 is 1.21 bits per heavy atom. The van der Waals surface area contributed by atoms with E-state index in [-0.39, 0.29) is 6.04 Å². The summed E-state index contributed by atoms with van der Waals surface area (Å²) in [6, 6.07) is 4.74. The molecule has 3 nitrogen and oxygen atoms in total. The number of aryl methyl sites for hydroxylation is 3. The van der Waals surface area contributed by atoms with Crippen molar-refractivity contribution < 1.29 is 4.74 Å². The fourth-order valence-corrected chi connectivity index (χ4v) is 2.74. The molecule has 0 saturated carbocycles. The van der Waals surface area contributed by atoms with Crippen LogP contribution in [0.1, 0.15) is 35.2 Å². The number of nitrogens with two attached hydrogens (primary N) is 1. The van der Waals surface area contributed by atoms with Gasteiger partial charge in [-0.1, -0.05) is 17.7 Å². The standard InChI is InChI=1S/C16H28N2O/c1-6-19-8-7-18(5)15(11-17)16-13(3)9-12(2)10-14(16)4/h9-10,15H,6-8,11,17H2,1-5H3. The molecule has 0 aromatic heterocycles. The molecule has 0 saturated heterocycles. The lowest BCUT2D eigenvalue weighted by Gasteiger charge is -2.30. The average molecular weight is 264 g/mol. The van der Waals surface area contributed by atoms with Gasteiger partial charge >= 0.3 is 0 Å². The lowest BCUT2D eigenvalue weighted by Crippen LogP contribution is -2.34. The Balaban J connectivity index is 2.90. The Morgan fingerprint density at radius 2 is 1.79 bits per heavy atom. The molecule has 0 heterocycles. The van der Waals surface area contributed by atoms with Crippen LogP contribution in [0.4, 0.5) is 0 Å². The van der Waals surface area contributed by atoms with Crippen LogP contribution in [-0.2, 0) is 4.74 Å². The van der Waals surface area contributed by atoms with Gasteiger partial charge in [0.15, 0.2) is 0 Å². The van der Waals surface area contributed by atoms with Crippen LogP contribution < -0.4 is 5.73 Å². The van der Waals surface area contributed by atoms with Gasteiger partial charge in [-0.05, 0) is 51.4 Å². The second kappa shape index (κ2) is 7.63. The van der Waals surface area contributed by atoms with Gasteiger partial charge < -0.3 is 10.5 Å². The lowest BCUT2D eigenvalue weighted by molar-refractivity contribution is 0.108. The van der Waals surface area contributed by atoms with E-state index in [1.807, 2.05) is 6.92 Å². The number of likely N-dealkylation sites (N-methyl/N-ethyl adjacent to an activating group) is 1. The van der Waals surface area contributed by atoms with Crippen LogP contribution in [0.5, 0.6) is 0 Å². The first kappa shape index (κ1) is 16.2. The molecule has 19 heavy (non-hydrogen) atoms. The summed E-state index contributed by atoms with van der Waals surface area (Å²) in [5.74, 6) is 0. The van der Waals surface area contributed by atoms with E-state index in [1.165, 1.54) is 22.3 Å². The predicted octanol–water partition coefficient (Wildman–Crippen LogP) is 2.58. The SMILES string of the molecule is CCOCCN(C)C(CN)c1c(C)cc(C)cc1C. The minimum absolute atomic E-state index is 0.265. The van der Waals surface area contributed by atoms with E-state index >= 15 is 0 Å². The van der Waals surface area contributed by atoms with E-state index in [1.54, 1.807) is 0 Å². The highest BCUT2D eigenvalue weighted by Crippen LogP contribution is 2.26. The summed E-state index contributed by atoms with van der Waals surface area (Å²) in [5, 5.41) is 0. The van der Waals surface area contributed by atoms with Gasteiger partial charge in [-0.15, -0.1) is 0 Å². The minimum Gasteiger partial charge on any atom is -0.380 e. The molecular weight excluding hydrogens is 236 g/mol. The molecule has 0 radical (unpaired) electrons. The van der Waals surface area contributed by atoms with E-state index in [2.05, 4.69) is 44.9 Å². The topological polar surface area (TPSA) is 38.5 Å². The molecule has 0 aliphatic rings. The second-order valence-electron chi connectivity index (χ2n) is 5.24. The molecule has 2 N–H and O–H groups in total. The maximum absolute atomic E-state index is 6.00. The van der Waals surface area contributed by atoms with Crippen molar-refractivity contribution in [2.24, 2.45) is 5.73 Å². The number of rotatable bonds is 7. The fraction of sp³-hybridized carbons (Fsp3) is 0.625. The van der Waals surface area contributed by atoms with Gasteiger partial charge in [0.1, 0.15) is 0 Å².